The normalized spacial score (nSPS) is 21.8. The van der Waals surface area contributed by atoms with Gasteiger partial charge in [0.15, 0.2) is 0 Å². The number of carbonyl (C=O) groups is 1. The van der Waals surface area contributed by atoms with Gasteiger partial charge in [-0.3, -0.25) is 9.69 Å². The number of nitrogens with zero attached hydrogens (tertiary/aromatic N) is 3. The summed E-state index contributed by atoms with van der Waals surface area (Å²) < 4.78 is 0.915. The summed E-state index contributed by atoms with van der Waals surface area (Å²) >= 11 is 3.36. The van der Waals surface area contributed by atoms with Crippen LogP contribution in [0.2, 0.25) is 0 Å². The first-order valence-corrected chi connectivity index (χ1v) is 7.16. The number of anilines is 1. The Morgan fingerprint density at radius 1 is 1.47 bits per heavy atom. The lowest BCUT2D eigenvalue weighted by Crippen LogP contribution is -2.71. The molecule has 0 atom stereocenters. The van der Waals surface area contributed by atoms with Crippen LogP contribution < -0.4 is 5.32 Å². The molecule has 5 nitrogen and oxygen atoms in total. The Morgan fingerprint density at radius 3 is 2.84 bits per heavy atom. The van der Waals surface area contributed by atoms with Crippen LogP contribution in [0, 0.1) is 5.41 Å². The summed E-state index contributed by atoms with van der Waals surface area (Å²) in [5.74, 6) is 0.603. The quantitative estimate of drug-likeness (QED) is 0.902. The average molecular weight is 325 g/mol. The molecule has 1 aromatic rings. The summed E-state index contributed by atoms with van der Waals surface area (Å²) in [6.07, 6.45) is 1.67. The Hall–Kier alpha value is -0.980. The van der Waals surface area contributed by atoms with E-state index >= 15 is 0 Å². The van der Waals surface area contributed by atoms with E-state index in [0.717, 1.165) is 30.7 Å². The standard InChI is InChI=1S/C13H17BrN4O/c1-17-6-13(7-17)8-18(9-13)5-12(19)16-11-4-10(14)2-3-15-11/h2-4H,5-9H2,1H3,(H,15,16,19). The molecule has 102 valence electrons. The summed E-state index contributed by atoms with van der Waals surface area (Å²) in [4.78, 5) is 20.5. The number of rotatable bonds is 3. The zero-order valence-electron chi connectivity index (χ0n) is 10.9. The number of pyridine rings is 1. The van der Waals surface area contributed by atoms with Gasteiger partial charge >= 0.3 is 0 Å². The molecule has 0 unspecified atom stereocenters. The van der Waals surface area contributed by atoms with Crippen molar-refractivity contribution in [2.75, 3.05) is 45.1 Å². The molecular formula is C13H17BrN4O. The number of halogens is 1. The monoisotopic (exact) mass is 324 g/mol. The van der Waals surface area contributed by atoms with Gasteiger partial charge in [0.1, 0.15) is 5.82 Å². The number of nitrogens with one attached hydrogen (secondary N) is 1. The van der Waals surface area contributed by atoms with E-state index in [2.05, 4.69) is 43.1 Å². The van der Waals surface area contributed by atoms with Gasteiger partial charge in [-0.05, 0) is 19.2 Å². The maximum atomic E-state index is 11.9. The third-order valence-electron chi connectivity index (χ3n) is 3.69. The molecule has 3 heterocycles. The van der Waals surface area contributed by atoms with Gasteiger partial charge in [0, 0.05) is 42.3 Å². The van der Waals surface area contributed by atoms with Crippen molar-refractivity contribution in [2.24, 2.45) is 5.41 Å². The van der Waals surface area contributed by atoms with Gasteiger partial charge in [-0.25, -0.2) is 4.98 Å². The van der Waals surface area contributed by atoms with Crippen molar-refractivity contribution >= 4 is 27.7 Å². The van der Waals surface area contributed by atoms with Crippen molar-refractivity contribution in [1.29, 1.82) is 0 Å². The van der Waals surface area contributed by atoms with Gasteiger partial charge in [-0.2, -0.15) is 0 Å². The molecule has 1 N–H and O–H groups in total. The van der Waals surface area contributed by atoms with E-state index in [4.69, 9.17) is 0 Å². The predicted molar refractivity (Wildman–Crippen MR) is 76.9 cm³/mol. The first-order chi connectivity index (χ1) is 9.05. The largest absolute Gasteiger partial charge is 0.310 e. The molecule has 1 aromatic heterocycles. The zero-order chi connectivity index (χ0) is 13.5. The van der Waals surface area contributed by atoms with Crippen molar-refractivity contribution in [3.05, 3.63) is 22.8 Å². The Labute approximate surface area is 121 Å². The van der Waals surface area contributed by atoms with Crippen LogP contribution in [0.5, 0.6) is 0 Å². The summed E-state index contributed by atoms with van der Waals surface area (Å²) in [6.45, 7) is 4.86. The summed E-state index contributed by atoms with van der Waals surface area (Å²) in [5, 5.41) is 2.82. The van der Waals surface area contributed by atoms with Crippen LogP contribution in [0.15, 0.2) is 22.8 Å². The van der Waals surface area contributed by atoms with Gasteiger partial charge in [-0.15, -0.1) is 0 Å². The molecule has 3 rings (SSSR count). The summed E-state index contributed by atoms with van der Waals surface area (Å²) in [6, 6.07) is 3.64. The third-order valence-corrected chi connectivity index (χ3v) is 4.18. The van der Waals surface area contributed by atoms with Crippen LogP contribution in [-0.2, 0) is 4.79 Å². The van der Waals surface area contributed by atoms with E-state index in [1.807, 2.05) is 6.07 Å². The van der Waals surface area contributed by atoms with E-state index in [-0.39, 0.29) is 5.91 Å². The molecule has 2 fully saturated rings. The highest BCUT2D eigenvalue weighted by Crippen LogP contribution is 2.38. The molecule has 1 spiro atoms. The van der Waals surface area contributed by atoms with Crippen molar-refractivity contribution in [3.63, 3.8) is 0 Å². The molecule has 2 aliphatic rings. The fourth-order valence-corrected chi connectivity index (χ4v) is 3.51. The smallest absolute Gasteiger partial charge is 0.239 e. The molecule has 1 amide bonds. The number of hydrogen-bond acceptors (Lipinski definition) is 4. The lowest BCUT2D eigenvalue weighted by atomic mass is 9.73. The van der Waals surface area contributed by atoms with Gasteiger partial charge in [-0.1, -0.05) is 15.9 Å². The van der Waals surface area contributed by atoms with Crippen LogP contribution in [0.3, 0.4) is 0 Å². The number of amides is 1. The molecule has 19 heavy (non-hydrogen) atoms. The average Bonchev–Trinajstić information content (AvgIpc) is 2.24. The SMILES string of the molecule is CN1CC2(C1)CN(CC(=O)Nc1cc(Br)ccn1)C2. The molecule has 2 saturated heterocycles. The van der Waals surface area contributed by atoms with E-state index in [1.54, 1.807) is 12.3 Å². The van der Waals surface area contributed by atoms with Gasteiger partial charge in [0.2, 0.25) is 5.91 Å². The molecule has 0 aromatic carbocycles. The van der Waals surface area contributed by atoms with E-state index < -0.39 is 0 Å². The van der Waals surface area contributed by atoms with E-state index in [1.165, 1.54) is 0 Å². The topological polar surface area (TPSA) is 48.5 Å². The van der Waals surface area contributed by atoms with Crippen molar-refractivity contribution in [2.45, 2.75) is 0 Å². The number of likely N-dealkylation sites (tertiary alicyclic amines) is 2. The molecular weight excluding hydrogens is 308 g/mol. The van der Waals surface area contributed by atoms with Crippen molar-refractivity contribution in [3.8, 4) is 0 Å². The minimum Gasteiger partial charge on any atom is -0.310 e. The highest BCUT2D eigenvalue weighted by atomic mass is 79.9. The lowest BCUT2D eigenvalue weighted by molar-refractivity contribution is -0.130. The summed E-state index contributed by atoms with van der Waals surface area (Å²) in [7, 11) is 2.14. The second kappa shape index (κ2) is 4.85. The molecule has 0 bridgehead atoms. The number of aromatic nitrogens is 1. The highest BCUT2D eigenvalue weighted by Gasteiger charge is 2.50. The Morgan fingerprint density at radius 2 is 2.21 bits per heavy atom. The van der Waals surface area contributed by atoms with Crippen molar-refractivity contribution < 1.29 is 4.79 Å². The molecule has 0 saturated carbocycles. The first-order valence-electron chi connectivity index (χ1n) is 6.37. The maximum Gasteiger partial charge on any atom is 0.239 e. The van der Waals surface area contributed by atoms with Gasteiger partial charge in [0.25, 0.3) is 0 Å². The fourth-order valence-electron chi connectivity index (χ4n) is 3.17. The number of carbonyl (C=O) groups excluding carboxylic acids is 1. The fraction of sp³-hybridized carbons (Fsp3) is 0.538. The van der Waals surface area contributed by atoms with Crippen molar-refractivity contribution in [1.82, 2.24) is 14.8 Å². The van der Waals surface area contributed by atoms with E-state index in [0.29, 0.717) is 17.8 Å². The lowest BCUT2D eigenvalue weighted by Gasteiger charge is -2.59. The van der Waals surface area contributed by atoms with Gasteiger partial charge in [0.05, 0.1) is 6.54 Å². The Balaban J connectivity index is 1.45. The van der Waals surface area contributed by atoms with Crippen LogP contribution in [0.1, 0.15) is 0 Å². The molecule has 0 aliphatic carbocycles. The second-order valence-corrected chi connectivity index (χ2v) is 6.64. The Bertz CT molecular complexity index is 493. The van der Waals surface area contributed by atoms with Crippen LogP contribution in [0.4, 0.5) is 5.82 Å². The number of hydrogen-bond donors (Lipinski definition) is 1. The highest BCUT2D eigenvalue weighted by molar-refractivity contribution is 9.10. The van der Waals surface area contributed by atoms with Crippen LogP contribution >= 0.6 is 15.9 Å². The van der Waals surface area contributed by atoms with Crippen LogP contribution in [-0.4, -0.2) is 60.5 Å². The predicted octanol–water partition coefficient (Wildman–Crippen LogP) is 1.03. The zero-order valence-corrected chi connectivity index (χ0v) is 12.5. The van der Waals surface area contributed by atoms with Crippen LogP contribution in [0.25, 0.3) is 0 Å². The first kappa shape index (κ1) is 13.0. The van der Waals surface area contributed by atoms with Gasteiger partial charge < -0.3 is 10.2 Å². The van der Waals surface area contributed by atoms with E-state index in [9.17, 15) is 4.79 Å². The summed E-state index contributed by atoms with van der Waals surface area (Å²) in [5.41, 5.74) is 0.475. The molecule has 2 aliphatic heterocycles. The minimum atomic E-state index is 0.00753. The minimum absolute atomic E-state index is 0.00753. The Kier molecular flexibility index (Phi) is 3.32. The second-order valence-electron chi connectivity index (χ2n) is 5.72. The maximum absolute atomic E-state index is 11.9. The third kappa shape index (κ3) is 2.80. The molecule has 6 heteroatoms. The molecule has 0 radical (unpaired) electrons.